The van der Waals surface area contributed by atoms with Crippen molar-refractivity contribution in [3.05, 3.63) is 23.8 Å². The Hall–Kier alpha value is -1.67. The Morgan fingerprint density at radius 2 is 1.97 bits per heavy atom. The monoisotopic (exact) mass is 468 g/mol. The van der Waals surface area contributed by atoms with E-state index in [2.05, 4.69) is 0 Å². The number of fused-ring (bicyclic) bond motifs is 5. The lowest BCUT2D eigenvalue weighted by Crippen LogP contribution is -2.70. The van der Waals surface area contributed by atoms with Crippen molar-refractivity contribution in [3.63, 3.8) is 0 Å². The zero-order valence-corrected chi connectivity index (χ0v) is 19.5. The number of rotatable bonds is 3. The number of carbonyl (C=O) groups excluding carboxylic acids is 2. The van der Waals surface area contributed by atoms with E-state index in [-0.39, 0.29) is 24.8 Å². The molecule has 3 fully saturated rings. The topological polar surface area (TPSA) is 83.8 Å². The highest BCUT2D eigenvalue weighted by Crippen LogP contribution is 2.71. The average molecular weight is 469 g/mol. The molecule has 0 aromatic rings. The van der Waals surface area contributed by atoms with Crippen LogP contribution in [0.3, 0.4) is 0 Å². The van der Waals surface area contributed by atoms with Gasteiger partial charge in [-0.25, -0.2) is 8.78 Å². The van der Waals surface area contributed by atoms with Crippen LogP contribution in [0.15, 0.2) is 23.8 Å². The fourth-order valence-corrected chi connectivity index (χ4v) is 7.97. The maximum Gasteiger partial charge on any atom is 0.306 e. The number of thiocarbonyl (C=S) groups is 1. The molecule has 0 saturated heterocycles. The third-order valence-corrected chi connectivity index (χ3v) is 9.35. The van der Waals surface area contributed by atoms with E-state index in [1.165, 1.54) is 19.1 Å². The Labute approximate surface area is 191 Å². The first-order valence-electron chi connectivity index (χ1n) is 11.2. The van der Waals surface area contributed by atoms with Crippen LogP contribution in [0.1, 0.15) is 53.4 Å². The number of halogens is 2. The highest BCUT2D eigenvalue weighted by Gasteiger charge is 2.77. The van der Waals surface area contributed by atoms with Crippen molar-refractivity contribution in [2.45, 2.75) is 76.9 Å². The molecule has 3 saturated carbocycles. The van der Waals surface area contributed by atoms with Gasteiger partial charge in [-0.1, -0.05) is 26.8 Å². The van der Waals surface area contributed by atoms with Crippen LogP contribution in [-0.4, -0.2) is 50.6 Å². The van der Waals surface area contributed by atoms with E-state index >= 15 is 8.78 Å². The normalized spacial score (nSPS) is 49.5. The van der Waals surface area contributed by atoms with Gasteiger partial charge in [0.25, 0.3) is 0 Å². The maximum atomic E-state index is 17.1. The van der Waals surface area contributed by atoms with Gasteiger partial charge < -0.3 is 14.9 Å². The zero-order chi connectivity index (χ0) is 23.9. The molecule has 0 amide bonds. The summed E-state index contributed by atoms with van der Waals surface area (Å²) >= 11 is 5.19. The molecule has 5 unspecified atom stereocenters. The highest BCUT2D eigenvalue weighted by atomic mass is 32.1. The van der Waals surface area contributed by atoms with Crippen molar-refractivity contribution < 1.29 is 33.3 Å². The molecular weight excluding hydrogens is 438 g/mol. The molecular formula is C24H30F2O5S. The summed E-state index contributed by atoms with van der Waals surface area (Å²) in [5.74, 6) is -2.84. The van der Waals surface area contributed by atoms with Crippen molar-refractivity contribution in [1.82, 2.24) is 0 Å². The van der Waals surface area contributed by atoms with Gasteiger partial charge >= 0.3 is 5.97 Å². The van der Waals surface area contributed by atoms with Crippen LogP contribution in [-0.2, 0) is 14.3 Å². The lowest BCUT2D eigenvalue weighted by Gasteiger charge is -2.63. The summed E-state index contributed by atoms with van der Waals surface area (Å²) < 4.78 is 38.4. The minimum atomic E-state index is -2.23. The van der Waals surface area contributed by atoms with E-state index in [9.17, 15) is 19.8 Å². The molecule has 4 rings (SSSR count). The molecule has 9 atom stereocenters. The molecule has 32 heavy (non-hydrogen) atoms. The number of ether oxygens (including phenoxy) is 1. The fourth-order valence-electron chi connectivity index (χ4n) is 7.49. The molecule has 4 aliphatic carbocycles. The molecule has 0 aliphatic heterocycles. The third-order valence-electron chi connectivity index (χ3n) is 9.05. The lowest BCUT2D eigenvalue weighted by molar-refractivity contribution is -0.222. The van der Waals surface area contributed by atoms with Gasteiger partial charge in [-0.05, 0) is 62.0 Å². The van der Waals surface area contributed by atoms with E-state index in [1.807, 2.05) is 0 Å². The van der Waals surface area contributed by atoms with E-state index in [1.54, 1.807) is 20.8 Å². The first-order chi connectivity index (χ1) is 14.8. The van der Waals surface area contributed by atoms with E-state index in [4.69, 9.17) is 17.0 Å². The van der Waals surface area contributed by atoms with Crippen LogP contribution >= 0.6 is 12.2 Å². The van der Waals surface area contributed by atoms with Crippen LogP contribution in [0.2, 0.25) is 0 Å². The Balaban J connectivity index is 1.87. The molecule has 0 spiro atoms. The van der Waals surface area contributed by atoms with Crippen molar-refractivity contribution in [2.24, 2.45) is 28.6 Å². The second kappa shape index (κ2) is 7.16. The number of ketones is 1. The highest BCUT2D eigenvalue weighted by molar-refractivity contribution is 7.80. The number of esters is 1. The maximum absolute atomic E-state index is 17.1. The molecule has 8 heteroatoms. The van der Waals surface area contributed by atoms with Gasteiger partial charge in [0, 0.05) is 29.1 Å². The zero-order valence-electron chi connectivity index (χ0n) is 18.7. The Morgan fingerprint density at radius 1 is 1.31 bits per heavy atom. The predicted octanol–water partition coefficient (Wildman–Crippen LogP) is 4.13. The van der Waals surface area contributed by atoms with Crippen molar-refractivity contribution in [1.29, 1.82) is 0 Å². The molecule has 2 N–H and O–H groups in total. The summed E-state index contributed by atoms with van der Waals surface area (Å²) in [6.45, 7) is 6.68. The van der Waals surface area contributed by atoms with E-state index < -0.39 is 68.9 Å². The van der Waals surface area contributed by atoms with E-state index in [0.717, 1.165) is 6.08 Å². The third kappa shape index (κ3) is 2.59. The fraction of sp³-hybridized carbons (Fsp3) is 0.708. The SMILES string of the molecule is CCC(=O)OC1(C(O)=S)C(C)C[C@H]2[C@@H]3CC(F)C4=CC(=O)C=C[C@]4(C)C3(F)C(O)C[C@@]21C. The van der Waals surface area contributed by atoms with Gasteiger partial charge in [0.2, 0.25) is 5.05 Å². The summed E-state index contributed by atoms with van der Waals surface area (Å²) in [6.07, 6.45) is 0.733. The van der Waals surface area contributed by atoms with Crippen LogP contribution in [0, 0.1) is 28.6 Å². The largest absolute Gasteiger partial charge is 0.499 e. The molecule has 0 heterocycles. The first kappa shape index (κ1) is 23.5. The van der Waals surface area contributed by atoms with Crippen LogP contribution < -0.4 is 0 Å². The molecule has 0 aromatic heterocycles. The standard InChI is InChI=1S/C24H30F2O5S/c1-5-19(29)31-24(20(30)32)12(2)8-14-15-10-17(25)16-9-13(27)6-7-21(16,3)23(15,26)18(28)11-22(14,24)4/h6-7,9,12,14-15,17-18,28H,5,8,10-11H2,1-4H3,(H,30,32)/t12?,14-,15-,17?,18?,21-,22-,23?,24?/m0/s1. The smallest absolute Gasteiger partial charge is 0.306 e. The van der Waals surface area contributed by atoms with Gasteiger partial charge in [0.1, 0.15) is 6.17 Å². The quantitative estimate of drug-likeness (QED) is 0.479. The second-order valence-electron chi connectivity index (χ2n) is 10.4. The van der Waals surface area contributed by atoms with Gasteiger partial charge in [-0.3, -0.25) is 9.59 Å². The number of aliphatic hydroxyl groups is 2. The molecule has 4 aliphatic rings. The summed E-state index contributed by atoms with van der Waals surface area (Å²) in [4.78, 5) is 24.3. The number of hydrogen-bond acceptors (Lipinski definition) is 5. The Kier molecular flexibility index (Phi) is 5.26. The van der Waals surface area contributed by atoms with Crippen molar-refractivity contribution in [2.75, 3.05) is 0 Å². The van der Waals surface area contributed by atoms with Gasteiger partial charge in [0.15, 0.2) is 17.1 Å². The number of alkyl halides is 2. The number of allylic oxidation sites excluding steroid dienone is 4. The van der Waals surface area contributed by atoms with Crippen molar-refractivity contribution >= 4 is 29.0 Å². The molecule has 0 bridgehead atoms. The predicted molar refractivity (Wildman–Crippen MR) is 118 cm³/mol. The summed E-state index contributed by atoms with van der Waals surface area (Å²) in [5, 5.41) is 21.4. The van der Waals surface area contributed by atoms with Crippen molar-refractivity contribution in [3.8, 4) is 0 Å². The first-order valence-corrected chi connectivity index (χ1v) is 11.6. The van der Waals surface area contributed by atoms with Crippen LogP contribution in [0.5, 0.6) is 0 Å². The second-order valence-corrected chi connectivity index (χ2v) is 10.8. The minimum Gasteiger partial charge on any atom is -0.499 e. The number of carbonyl (C=O) groups is 2. The summed E-state index contributed by atoms with van der Waals surface area (Å²) in [5.41, 5.74) is -6.33. The lowest BCUT2D eigenvalue weighted by atomic mass is 9.44. The Bertz CT molecular complexity index is 949. The summed E-state index contributed by atoms with van der Waals surface area (Å²) in [6, 6.07) is 0. The minimum absolute atomic E-state index is 0.0544. The van der Waals surface area contributed by atoms with Gasteiger partial charge in [-0.2, -0.15) is 0 Å². The van der Waals surface area contributed by atoms with Gasteiger partial charge in [0.05, 0.1) is 6.10 Å². The average Bonchev–Trinajstić information content (AvgIpc) is 2.93. The van der Waals surface area contributed by atoms with Crippen LogP contribution in [0.25, 0.3) is 0 Å². The Morgan fingerprint density at radius 3 is 2.56 bits per heavy atom. The number of aliphatic hydroxyl groups excluding tert-OH is 2. The van der Waals surface area contributed by atoms with E-state index in [0.29, 0.717) is 6.42 Å². The van der Waals surface area contributed by atoms with Crippen LogP contribution in [0.4, 0.5) is 8.78 Å². The molecule has 0 aromatic carbocycles. The molecule has 5 nitrogen and oxygen atoms in total. The summed E-state index contributed by atoms with van der Waals surface area (Å²) in [7, 11) is 0. The number of hydrogen-bond donors (Lipinski definition) is 2. The molecule has 176 valence electrons. The molecule has 0 radical (unpaired) electrons. The van der Waals surface area contributed by atoms with Gasteiger partial charge in [-0.15, -0.1) is 0 Å².